The number of carbonyl (C=O) groups excluding carboxylic acids is 1. The molecule has 1 unspecified atom stereocenters. The number of likely N-dealkylation sites (tertiary alicyclic amines) is 1. The molecule has 27 heavy (non-hydrogen) atoms. The lowest BCUT2D eigenvalue weighted by Crippen LogP contribution is -2.29. The van der Waals surface area contributed by atoms with E-state index in [4.69, 9.17) is 0 Å². The Morgan fingerprint density at radius 3 is 2.63 bits per heavy atom. The van der Waals surface area contributed by atoms with Crippen LogP contribution in [0.5, 0.6) is 0 Å². The Labute approximate surface area is 158 Å². The molecule has 1 aliphatic rings. The highest BCUT2D eigenvalue weighted by Gasteiger charge is 2.25. The molecule has 1 aliphatic heterocycles. The number of aliphatic hydroxyl groups is 1. The monoisotopic (exact) mass is 362 g/mol. The van der Waals surface area contributed by atoms with Crippen LogP contribution in [0.2, 0.25) is 0 Å². The van der Waals surface area contributed by atoms with Gasteiger partial charge < -0.3 is 14.9 Å². The number of β-amino-alcohol motifs (C(OH)–C–C–N with tert-alkyl or cyclic N) is 1. The van der Waals surface area contributed by atoms with Crippen LogP contribution in [0.4, 0.5) is 5.69 Å². The van der Waals surface area contributed by atoms with Crippen LogP contribution in [-0.4, -0.2) is 59.2 Å². The van der Waals surface area contributed by atoms with Crippen molar-refractivity contribution in [3.8, 4) is 11.1 Å². The number of aliphatic hydroxyl groups excluding tert-OH is 1. The summed E-state index contributed by atoms with van der Waals surface area (Å²) in [5.41, 5.74) is 4.38. The van der Waals surface area contributed by atoms with E-state index in [0.29, 0.717) is 25.1 Å². The molecular formula is C21H22N4O2. The molecule has 1 saturated heterocycles. The van der Waals surface area contributed by atoms with Crippen molar-refractivity contribution in [2.45, 2.75) is 12.5 Å². The fourth-order valence-corrected chi connectivity index (χ4v) is 3.44. The largest absolute Gasteiger partial charge is 0.391 e. The van der Waals surface area contributed by atoms with E-state index in [1.807, 2.05) is 31.3 Å². The number of hydrogen-bond donors (Lipinski definition) is 1. The van der Waals surface area contributed by atoms with E-state index in [2.05, 4.69) is 34.2 Å². The molecule has 2 aromatic heterocycles. The van der Waals surface area contributed by atoms with Crippen LogP contribution < -0.4 is 4.90 Å². The van der Waals surface area contributed by atoms with Gasteiger partial charge in [-0.3, -0.25) is 14.8 Å². The number of benzene rings is 1. The van der Waals surface area contributed by atoms with Gasteiger partial charge in [-0.1, -0.05) is 12.1 Å². The molecule has 0 saturated carbocycles. The van der Waals surface area contributed by atoms with Gasteiger partial charge in [0.2, 0.25) is 0 Å². The Balaban J connectivity index is 1.74. The van der Waals surface area contributed by atoms with Gasteiger partial charge in [0.25, 0.3) is 5.91 Å². The molecule has 0 spiro atoms. The first-order chi connectivity index (χ1) is 13.0. The maximum absolute atomic E-state index is 12.8. The summed E-state index contributed by atoms with van der Waals surface area (Å²) in [6.07, 6.45) is 5.30. The Kier molecular flexibility index (Phi) is 4.49. The summed E-state index contributed by atoms with van der Waals surface area (Å²) >= 11 is 0. The van der Waals surface area contributed by atoms with Gasteiger partial charge in [-0.05, 0) is 30.2 Å². The molecule has 6 nitrogen and oxygen atoms in total. The third kappa shape index (κ3) is 3.36. The van der Waals surface area contributed by atoms with Crippen LogP contribution in [0.15, 0.2) is 48.9 Å². The van der Waals surface area contributed by atoms with Gasteiger partial charge >= 0.3 is 0 Å². The second-order valence-corrected chi connectivity index (χ2v) is 7.11. The molecule has 1 fully saturated rings. The van der Waals surface area contributed by atoms with Gasteiger partial charge in [0.05, 0.1) is 23.4 Å². The van der Waals surface area contributed by atoms with E-state index in [9.17, 15) is 9.90 Å². The lowest BCUT2D eigenvalue weighted by atomic mass is 10.0. The molecule has 1 amide bonds. The Morgan fingerprint density at radius 1 is 1.19 bits per heavy atom. The zero-order valence-corrected chi connectivity index (χ0v) is 15.5. The van der Waals surface area contributed by atoms with E-state index < -0.39 is 6.10 Å². The van der Waals surface area contributed by atoms with E-state index in [1.54, 1.807) is 17.3 Å². The molecule has 4 rings (SSSR count). The first-order valence-electron chi connectivity index (χ1n) is 9.02. The average Bonchev–Trinajstić information content (AvgIpc) is 3.13. The van der Waals surface area contributed by atoms with Gasteiger partial charge in [0.15, 0.2) is 0 Å². The van der Waals surface area contributed by atoms with Crippen molar-refractivity contribution in [3.05, 3.63) is 54.5 Å². The van der Waals surface area contributed by atoms with Crippen molar-refractivity contribution < 1.29 is 9.90 Å². The molecule has 0 bridgehead atoms. The number of nitrogens with zero attached hydrogens (tertiary/aromatic N) is 4. The van der Waals surface area contributed by atoms with E-state index >= 15 is 0 Å². The van der Waals surface area contributed by atoms with Crippen molar-refractivity contribution >= 4 is 22.5 Å². The highest BCUT2D eigenvalue weighted by molar-refractivity contribution is 6.01. The van der Waals surface area contributed by atoms with Gasteiger partial charge in [-0.2, -0.15) is 0 Å². The van der Waals surface area contributed by atoms with E-state index in [-0.39, 0.29) is 5.91 Å². The second kappa shape index (κ2) is 6.96. The highest BCUT2D eigenvalue weighted by atomic mass is 16.3. The number of fused-ring (bicyclic) bond motifs is 1. The van der Waals surface area contributed by atoms with Crippen LogP contribution in [-0.2, 0) is 0 Å². The average molecular weight is 362 g/mol. The minimum absolute atomic E-state index is 0.0910. The Hall–Kier alpha value is -2.99. The van der Waals surface area contributed by atoms with Crippen molar-refractivity contribution in [2.24, 2.45) is 0 Å². The van der Waals surface area contributed by atoms with Gasteiger partial charge in [0, 0.05) is 56.2 Å². The number of anilines is 1. The quantitative estimate of drug-likeness (QED) is 0.775. The Bertz CT molecular complexity index is 985. The van der Waals surface area contributed by atoms with Crippen LogP contribution >= 0.6 is 0 Å². The summed E-state index contributed by atoms with van der Waals surface area (Å²) in [5, 5.41) is 10.6. The highest BCUT2D eigenvalue weighted by Crippen LogP contribution is 2.29. The topological polar surface area (TPSA) is 69.6 Å². The lowest BCUT2D eigenvalue weighted by molar-refractivity contribution is 0.0765. The molecule has 0 aliphatic carbocycles. The van der Waals surface area contributed by atoms with E-state index in [0.717, 1.165) is 27.7 Å². The first-order valence-corrected chi connectivity index (χ1v) is 9.02. The molecule has 1 aromatic carbocycles. The van der Waals surface area contributed by atoms with Gasteiger partial charge in [0.1, 0.15) is 0 Å². The number of amides is 1. The summed E-state index contributed by atoms with van der Waals surface area (Å²) in [5.74, 6) is -0.0910. The second-order valence-electron chi connectivity index (χ2n) is 7.11. The SMILES string of the molecule is CN(C)c1ccc(-c2cncc3ncc(C(=O)N4CCC(O)C4)cc23)cc1. The molecule has 1 atom stereocenters. The summed E-state index contributed by atoms with van der Waals surface area (Å²) in [6, 6.07) is 10.1. The molecule has 1 N–H and O–H groups in total. The standard InChI is InChI=1S/C21H22N4O2/c1-24(2)16-5-3-14(4-6-16)19-11-22-12-20-18(19)9-15(10-23-20)21(27)25-8-7-17(26)13-25/h3-6,9-12,17,26H,7-8,13H2,1-2H3. The minimum atomic E-state index is -0.433. The number of hydrogen-bond acceptors (Lipinski definition) is 5. The van der Waals surface area contributed by atoms with Crippen LogP contribution in [0.1, 0.15) is 16.8 Å². The molecule has 138 valence electrons. The third-order valence-electron chi connectivity index (χ3n) is 5.00. The van der Waals surface area contributed by atoms with Crippen molar-refractivity contribution in [2.75, 3.05) is 32.1 Å². The van der Waals surface area contributed by atoms with Crippen molar-refractivity contribution in [1.29, 1.82) is 0 Å². The smallest absolute Gasteiger partial charge is 0.255 e. The number of pyridine rings is 2. The fourth-order valence-electron chi connectivity index (χ4n) is 3.44. The van der Waals surface area contributed by atoms with Crippen LogP contribution in [0.3, 0.4) is 0 Å². The van der Waals surface area contributed by atoms with Gasteiger partial charge in [-0.25, -0.2) is 0 Å². The molecule has 0 radical (unpaired) electrons. The maximum Gasteiger partial charge on any atom is 0.255 e. The third-order valence-corrected chi connectivity index (χ3v) is 5.00. The van der Waals surface area contributed by atoms with Crippen molar-refractivity contribution in [1.82, 2.24) is 14.9 Å². The molecule has 3 heterocycles. The molecule has 3 aromatic rings. The molecular weight excluding hydrogens is 340 g/mol. The van der Waals surface area contributed by atoms with Crippen molar-refractivity contribution in [3.63, 3.8) is 0 Å². The number of aromatic nitrogens is 2. The summed E-state index contributed by atoms with van der Waals surface area (Å²) in [4.78, 5) is 25.2. The maximum atomic E-state index is 12.8. The predicted octanol–water partition coefficient (Wildman–Crippen LogP) is 2.57. The van der Waals surface area contributed by atoms with Crippen LogP contribution in [0.25, 0.3) is 22.0 Å². The normalized spacial score (nSPS) is 16.7. The predicted molar refractivity (Wildman–Crippen MR) is 106 cm³/mol. The molecule has 6 heteroatoms. The van der Waals surface area contributed by atoms with Crippen LogP contribution in [0, 0.1) is 0 Å². The van der Waals surface area contributed by atoms with E-state index in [1.165, 1.54) is 0 Å². The summed E-state index contributed by atoms with van der Waals surface area (Å²) in [7, 11) is 4.01. The minimum Gasteiger partial charge on any atom is -0.391 e. The summed E-state index contributed by atoms with van der Waals surface area (Å²) < 4.78 is 0. The lowest BCUT2D eigenvalue weighted by Gasteiger charge is -2.16. The zero-order valence-electron chi connectivity index (χ0n) is 15.5. The number of rotatable bonds is 3. The number of carbonyl (C=O) groups is 1. The van der Waals surface area contributed by atoms with Gasteiger partial charge in [-0.15, -0.1) is 0 Å². The zero-order chi connectivity index (χ0) is 19.0. The first kappa shape index (κ1) is 17.4. The summed E-state index contributed by atoms with van der Waals surface area (Å²) in [6.45, 7) is 0.958. The Morgan fingerprint density at radius 2 is 1.96 bits per heavy atom. The fraction of sp³-hybridized carbons (Fsp3) is 0.286.